The van der Waals surface area contributed by atoms with Gasteiger partial charge in [-0.05, 0) is 96.1 Å². The molecule has 0 fully saturated rings. The van der Waals surface area contributed by atoms with Crippen LogP contribution < -0.4 is 0 Å². The standard InChI is InChI=1S/C48H31N3/c1-4-14-34(15-5-1)49-41-22-12-10-20-37(41)39-30-32(24-26-43(39)49)33-25-27-44-40(31-33)48-46(51(44)36-18-8-3-9-19-36)29-28-45-47(48)38-21-11-13-23-42(38)50(45)35-16-6-2-7-17-35/h1-31H. The summed E-state index contributed by atoms with van der Waals surface area (Å²) in [6.45, 7) is 0. The fourth-order valence-electron chi connectivity index (χ4n) is 8.47. The average molecular weight is 650 g/mol. The monoisotopic (exact) mass is 649 g/mol. The zero-order valence-electron chi connectivity index (χ0n) is 27.7. The molecule has 3 aromatic heterocycles. The van der Waals surface area contributed by atoms with E-state index in [2.05, 4.69) is 202 Å². The number of aromatic nitrogens is 3. The van der Waals surface area contributed by atoms with Crippen LogP contribution in [-0.4, -0.2) is 13.7 Å². The van der Waals surface area contributed by atoms with Crippen LogP contribution >= 0.6 is 0 Å². The molecule has 8 aromatic carbocycles. The Bertz CT molecular complexity index is 3110. The van der Waals surface area contributed by atoms with Crippen molar-refractivity contribution in [2.75, 3.05) is 0 Å². The molecule has 0 aliphatic carbocycles. The van der Waals surface area contributed by atoms with Crippen LogP contribution in [0.4, 0.5) is 0 Å². The first kappa shape index (κ1) is 28.0. The third-order valence-electron chi connectivity index (χ3n) is 10.6. The third kappa shape index (κ3) is 4.06. The highest BCUT2D eigenvalue weighted by Gasteiger charge is 2.21. The highest BCUT2D eigenvalue weighted by molar-refractivity contribution is 6.29. The van der Waals surface area contributed by atoms with Gasteiger partial charge in [0.05, 0.1) is 33.1 Å². The lowest BCUT2D eigenvalue weighted by atomic mass is 9.99. The summed E-state index contributed by atoms with van der Waals surface area (Å²) in [6.07, 6.45) is 0. The lowest BCUT2D eigenvalue weighted by Crippen LogP contribution is -1.94. The summed E-state index contributed by atoms with van der Waals surface area (Å²) >= 11 is 0. The van der Waals surface area contributed by atoms with Crippen molar-refractivity contribution in [3.63, 3.8) is 0 Å². The maximum atomic E-state index is 2.43. The number of hydrogen-bond donors (Lipinski definition) is 0. The fourth-order valence-corrected chi connectivity index (χ4v) is 8.47. The molecule has 0 atom stereocenters. The quantitative estimate of drug-likeness (QED) is 0.180. The smallest absolute Gasteiger partial charge is 0.0548 e. The molecule has 3 nitrogen and oxygen atoms in total. The number of fused-ring (bicyclic) bond motifs is 10. The van der Waals surface area contributed by atoms with Gasteiger partial charge in [0.1, 0.15) is 0 Å². The Morgan fingerprint density at radius 2 is 0.588 bits per heavy atom. The second kappa shape index (κ2) is 10.8. The third-order valence-corrected chi connectivity index (χ3v) is 10.6. The van der Waals surface area contributed by atoms with Crippen LogP contribution in [0, 0.1) is 0 Å². The van der Waals surface area contributed by atoms with E-state index in [1.165, 1.54) is 87.9 Å². The summed E-state index contributed by atoms with van der Waals surface area (Å²) in [7, 11) is 0. The van der Waals surface area contributed by atoms with E-state index in [9.17, 15) is 0 Å². The van der Waals surface area contributed by atoms with Gasteiger partial charge in [0, 0.05) is 49.4 Å². The molecule has 3 heteroatoms. The van der Waals surface area contributed by atoms with Crippen molar-refractivity contribution < 1.29 is 0 Å². The van der Waals surface area contributed by atoms with Crippen LogP contribution in [0.15, 0.2) is 188 Å². The van der Waals surface area contributed by atoms with Gasteiger partial charge in [0.15, 0.2) is 0 Å². The molecular weight excluding hydrogens is 619 g/mol. The van der Waals surface area contributed by atoms with E-state index < -0.39 is 0 Å². The van der Waals surface area contributed by atoms with Gasteiger partial charge in [-0.25, -0.2) is 0 Å². The molecule has 0 amide bonds. The van der Waals surface area contributed by atoms with Crippen LogP contribution in [0.5, 0.6) is 0 Å². The van der Waals surface area contributed by atoms with Crippen LogP contribution in [0.25, 0.3) is 93.6 Å². The van der Waals surface area contributed by atoms with Gasteiger partial charge in [-0.3, -0.25) is 0 Å². The predicted octanol–water partition coefficient (Wildman–Crippen LogP) is 12.6. The first-order chi connectivity index (χ1) is 25.3. The average Bonchev–Trinajstić information content (AvgIpc) is 3.84. The lowest BCUT2D eigenvalue weighted by molar-refractivity contribution is 1.17. The van der Waals surface area contributed by atoms with Crippen molar-refractivity contribution in [1.29, 1.82) is 0 Å². The fraction of sp³-hybridized carbons (Fsp3) is 0. The van der Waals surface area contributed by atoms with Crippen molar-refractivity contribution in [3.8, 4) is 28.2 Å². The predicted molar refractivity (Wildman–Crippen MR) is 215 cm³/mol. The molecule has 0 N–H and O–H groups in total. The summed E-state index contributed by atoms with van der Waals surface area (Å²) in [4.78, 5) is 0. The maximum absolute atomic E-state index is 2.43. The molecule has 0 radical (unpaired) electrons. The number of rotatable bonds is 4. The molecule has 11 rings (SSSR count). The number of nitrogens with zero attached hydrogens (tertiary/aromatic N) is 3. The number of hydrogen-bond acceptors (Lipinski definition) is 0. The summed E-state index contributed by atoms with van der Waals surface area (Å²) < 4.78 is 7.22. The summed E-state index contributed by atoms with van der Waals surface area (Å²) in [6, 6.07) is 68.4. The molecule has 0 spiro atoms. The van der Waals surface area contributed by atoms with Gasteiger partial charge in [-0.2, -0.15) is 0 Å². The molecule has 0 bridgehead atoms. The molecular formula is C48H31N3. The van der Waals surface area contributed by atoms with E-state index in [0.29, 0.717) is 0 Å². The Morgan fingerprint density at radius 3 is 1.14 bits per heavy atom. The lowest BCUT2D eigenvalue weighted by Gasteiger charge is -2.09. The Morgan fingerprint density at radius 1 is 0.235 bits per heavy atom. The number of para-hydroxylation sites is 5. The van der Waals surface area contributed by atoms with Crippen LogP contribution in [0.1, 0.15) is 0 Å². The minimum atomic E-state index is 1.16. The topological polar surface area (TPSA) is 14.8 Å². The van der Waals surface area contributed by atoms with E-state index in [4.69, 9.17) is 0 Å². The summed E-state index contributed by atoms with van der Waals surface area (Å²) in [5.41, 5.74) is 13.2. The van der Waals surface area contributed by atoms with Crippen LogP contribution in [0.2, 0.25) is 0 Å². The molecule has 0 aliphatic rings. The molecule has 238 valence electrons. The van der Waals surface area contributed by atoms with Gasteiger partial charge >= 0.3 is 0 Å². The van der Waals surface area contributed by atoms with E-state index in [1.807, 2.05) is 0 Å². The van der Waals surface area contributed by atoms with Crippen molar-refractivity contribution in [2.45, 2.75) is 0 Å². The highest BCUT2D eigenvalue weighted by atomic mass is 15.0. The van der Waals surface area contributed by atoms with E-state index in [0.717, 1.165) is 5.69 Å². The van der Waals surface area contributed by atoms with Crippen LogP contribution in [0.3, 0.4) is 0 Å². The van der Waals surface area contributed by atoms with Gasteiger partial charge in [-0.1, -0.05) is 103 Å². The molecule has 11 aromatic rings. The van der Waals surface area contributed by atoms with E-state index >= 15 is 0 Å². The largest absolute Gasteiger partial charge is 0.309 e. The molecule has 0 saturated carbocycles. The Kier molecular flexibility index (Phi) is 5.96. The van der Waals surface area contributed by atoms with Gasteiger partial charge in [0.2, 0.25) is 0 Å². The van der Waals surface area contributed by atoms with Crippen LogP contribution in [-0.2, 0) is 0 Å². The minimum absolute atomic E-state index is 1.16. The normalized spacial score (nSPS) is 11.9. The molecule has 3 heterocycles. The van der Waals surface area contributed by atoms with Gasteiger partial charge in [-0.15, -0.1) is 0 Å². The Labute approximate surface area is 294 Å². The van der Waals surface area contributed by atoms with Gasteiger partial charge < -0.3 is 13.7 Å². The summed E-state index contributed by atoms with van der Waals surface area (Å²) in [5, 5.41) is 7.59. The first-order valence-electron chi connectivity index (χ1n) is 17.5. The minimum Gasteiger partial charge on any atom is -0.309 e. The SMILES string of the molecule is c1ccc(-n2c3ccccc3c3cc(-c4ccc5c(c4)c4c6c7ccccc7n(-c7ccccc7)c6ccc4n5-c4ccccc4)ccc32)cc1. The summed E-state index contributed by atoms with van der Waals surface area (Å²) in [5.74, 6) is 0. The maximum Gasteiger partial charge on any atom is 0.0548 e. The Balaban J connectivity index is 1.22. The van der Waals surface area contributed by atoms with E-state index in [1.54, 1.807) is 0 Å². The zero-order valence-corrected chi connectivity index (χ0v) is 27.7. The molecule has 51 heavy (non-hydrogen) atoms. The van der Waals surface area contributed by atoms with E-state index in [-0.39, 0.29) is 0 Å². The zero-order chi connectivity index (χ0) is 33.5. The van der Waals surface area contributed by atoms with Crippen molar-refractivity contribution in [3.05, 3.63) is 188 Å². The molecule has 0 aliphatic heterocycles. The van der Waals surface area contributed by atoms with Crippen molar-refractivity contribution >= 4 is 65.4 Å². The first-order valence-corrected chi connectivity index (χ1v) is 17.5. The molecule has 0 unspecified atom stereocenters. The van der Waals surface area contributed by atoms with Crippen molar-refractivity contribution in [2.24, 2.45) is 0 Å². The second-order valence-corrected chi connectivity index (χ2v) is 13.4. The van der Waals surface area contributed by atoms with Gasteiger partial charge in [0.25, 0.3) is 0 Å². The second-order valence-electron chi connectivity index (χ2n) is 13.4. The number of benzene rings is 8. The highest BCUT2D eigenvalue weighted by Crippen LogP contribution is 2.44. The van der Waals surface area contributed by atoms with Crippen molar-refractivity contribution in [1.82, 2.24) is 13.7 Å². The Hall–Kier alpha value is -6.84. The molecule has 0 saturated heterocycles.